The molecule has 0 fully saturated rings. The summed E-state index contributed by atoms with van der Waals surface area (Å²) in [6, 6.07) is 0.457. The molecular weight excluding hydrogens is 166 g/mol. The first-order valence-corrected chi connectivity index (χ1v) is 5.04. The average Bonchev–Trinajstić information content (AvgIpc) is 2.17. The van der Waals surface area contributed by atoms with Gasteiger partial charge in [-0.2, -0.15) is 0 Å². The molecule has 0 amide bonds. The molecule has 0 saturated heterocycles. The number of esters is 1. The van der Waals surface area contributed by atoms with E-state index in [1.54, 1.807) is 0 Å². The fraction of sp³-hybridized carbons (Fsp3) is 0.900. The Morgan fingerprint density at radius 3 is 2.62 bits per heavy atom. The third kappa shape index (κ3) is 6.58. The molecule has 0 aliphatic rings. The highest BCUT2D eigenvalue weighted by Crippen LogP contribution is 2.03. The van der Waals surface area contributed by atoms with Crippen molar-refractivity contribution < 1.29 is 9.53 Å². The second-order valence-corrected chi connectivity index (χ2v) is 3.20. The molecule has 0 bridgehead atoms. The second kappa shape index (κ2) is 8.05. The molecule has 78 valence electrons. The van der Waals surface area contributed by atoms with Crippen LogP contribution in [0.4, 0.5) is 0 Å². The number of rotatable bonds is 7. The minimum absolute atomic E-state index is 0.185. The third-order valence-electron chi connectivity index (χ3n) is 2.16. The van der Waals surface area contributed by atoms with Gasteiger partial charge in [0.25, 0.3) is 0 Å². The van der Waals surface area contributed by atoms with Crippen LogP contribution in [-0.4, -0.2) is 25.7 Å². The van der Waals surface area contributed by atoms with E-state index in [2.05, 4.69) is 23.9 Å². The van der Waals surface area contributed by atoms with E-state index < -0.39 is 0 Å². The van der Waals surface area contributed by atoms with Crippen LogP contribution in [0.15, 0.2) is 0 Å². The van der Waals surface area contributed by atoms with Crippen molar-refractivity contribution in [3.05, 3.63) is 0 Å². The van der Waals surface area contributed by atoms with Crippen LogP contribution in [0, 0.1) is 0 Å². The van der Waals surface area contributed by atoms with Gasteiger partial charge in [-0.3, -0.25) is 4.79 Å². The number of hydrogen-bond acceptors (Lipinski definition) is 3. The maximum absolute atomic E-state index is 10.8. The molecule has 0 radical (unpaired) electrons. The van der Waals surface area contributed by atoms with E-state index in [0.717, 1.165) is 12.8 Å². The zero-order chi connectivity index (χ0) is 10.1. The number of carbonyl (C=O) groups is 1. The van der Waals surface area contributed by atoms with Gasteiger partial charge in [-0.15, -0.1) is 0 Å². The summed E-state index contributed by atoms with van der Waals surface area (Å²) >= 11 is 0. The van der Waals surface area contributed by atoms with E-state index in [-0.39, 0.29) is 5.97 Å². The predicted octanol–water partition coefficient (Wildman–Crippen LogP) is 1.72. The van der Waals surface area contributed by atoms with Gasteiger partial charge in [0, 0.05) is 6.04 Å². The van der Waals surface area contributed by atoms with Crippen molar-refractivity contribution in [2.75, 3.05) is 13.7 Å². The molecule has 3 heteroatoms. The Morgan fingerprint density at radius 1 is 1.46 bits per heavy atom. The molecular formula is C10H21NO2. The van der Waals surface area contributed by atoms with Gasteiger partial charge in [0.2, 0.25) is 0 Å². The number of hydrogen-bond donors (Lipinski definition) is 1. The molecule has 1 atom stereocenters. The van der Waals surface area contributed by atoms with Crippen LogP contribution in [0.2, 0.25) is 0 Å². The normalized spacial score (nSPS) is 12.5. The van der Waals surface area contributed by atoms with Crippen molar-refractivity contribution in [1.29, 1.82) is 0 Å². The minimum Gasteiger partial charge on any atom is -0.468 e. The van der Waals surface area contributed by atoms with E-state index >= 15 is 0 Å². The topological polar surface area (TPSA) is 38.3 Å². The van der Waals surface area contributed by atoms with Crippen molar-refractivity contribution in [2.24, 2.45) is 0 Å². The third-order valence-corrected chi connectivity index (χ3v) is 2.16. The molecule has 0 saturated carbocycles. The van der Waals surface area contributed by atoms with Crippen molar-refractivity contribution >= 4 is 5.97 Å². The Labute approximate surface area is 80.8 Å². The van der Waals surface area contributed by atoms with Crippen molar-refractivity contribution in [3.8, 4) is 0 Å². The summed E-state index contributed by atoms with van der Waals surface area (Å²) in [5.74, 6) is -0.185. The highest BCUT2D eigenvalue weighted by atomic mass is 16.5. The van der Waals surface area contributed by atoms with Crippen molar-refractivity contribution in [2.45, 2.75) is 45.6 Å². The van der Waals surface area contributed by atoms with E-state index in [1.807, 2.05) is 0 Å². The van der Waals surface area contributed by atoms with E-state index in [9.17, 15) is 4.79 Å². The summed E-state index contributed by atoms with van der Waals surface area (Å²) in [5.41, 5.74) is 0. The van der Waals surface area contributed by atoms with Crippen LogP contribution in [-0.2, 0) is 9.53 Å². The number of carbonyl (C=O) groups excluding carboxylic acids is 1. The molecule has 3 nitrogen and oxygen atoms in total. The summed E-state index contributed by atoms with van der Waals surface area (Å²) in [5, 5.41) is 3.18. The molecule has 0 aliphatic heterocycles. The molecule has 13 heavy (non-hydrogen) atoms. The first kappa shape index (κ1) is 12.4. The highest BCUT2D eigenvalue weighted by Gasteiger charge is 2.07. The largest absolute Gasteiger partial charge is 0.468 e. The van der Waals surface area contributed by atoms with Crippen LogP contribution in [0.5, 0.6) is 0 Å². The van der Waals surface area contributed by atoms with Gasteiger partial charge < -0.3 is 10.1 Å². The summed E-state index contributed by atoms with van der Waals surface area (Å²) in [7, 11) is 1.41. The Balaban J connectivity index is 3.52. The molecule has 0 aliphatic carbocycles. The van der Waals surface area contributed by atoms with Crippen LogP contribution in [0.1, 0.15) is 39.5 Å². The molecule has 0 rings (SSSR count). The van der Waals surface area contributed by atoms with Gasteiger partial charge in [0.15, 0.2) is 0 Å². The van der Waals surface area contributed by atoms with Crippen molar-refractivity contribution in [3.63, 3.8) is 0 Å². The lowest BCUT2D eigenvalue weighted by atomic mass is 10.1. The van der Waals surface area contributed by atoms with Gasteiger partial charge in [-0.25, -0.2) is 0 Å². The predicted molar refractivity (Wildman–Crippen MR) is 53.6 cm³/mol. The fourth-order valence-electron chi connectivity index (χ4n) is 1.20. The van der Waals surface area contributed by atoms with Crippen molar-refractivity contribution in [1.82, 2.24) is 5.32 Å². The number of unbranched alkanes of at least 4 members (excludes halogenated alkanes) is 1. The quantitative estimate of drug-likeness (QED) is 0.617. The maximum Gasteiger partial charge on any atom is 0.319 e. The van der Waals surface area contributed by atoms with Gasteiger partial charge in [-0.1, -0.05) is 26.7 Å². The molecule has 0 heterocycles. The molecule has 0 aromatic carbocycles. The van der Waals surface area contributed by atoms with Crippen LogP contribution < -0.4 is 5.32 Å². The minimum atomic E-state index is -0.185. The first-order valence-electron chi connectivity index (χ1n) is 5.04. The highest BCUT2D eigenvalue weighted by molar-refractivity contribution is 5.71. The Hall–Kier alpha value is -0.570. The van der Waals surface area contributed by atoms with Gasteiger partial charge in [0.1, 0.15) is 0 Å². The molecule has 0 aromatic rings. The molecule has 0 aromatic heterocycles. The van der Waals surface area contributed by atoms with Crippen LogP contribution in [0.25, 0.3) is 0 Å². The monoisotopic (exact) mass is 187 g/mol. The standard InChI is InChI=1S/C10H21NO2/c1-4-6-7-9(5-2)11-8-10(12)13-3/h9,11H,4-8H2,1-3H3. The molecule has 0 spiro atoms. The lowest BCUT2D eigenvalue weighted by Gasteiger charge is -2.15. The lowest BCUT2D eigenvalue weighted by Crippen LogP contribution is -2.33. The zero-order valence-corrected chi connectivity index (χ0v) is 8.93. The van der Waals surface area contributed by atoms with E-state index in [0.29, 0.717) is 12.6 Å². The fourth-order valence-corrected chi connectivity index (χ4v) is 1.20. The first-order chi connectivity index (χ1) is 6.24. The Bertz CT molecular complexity index is 137. The van der Waals surface area contributed by atoms with Crippen LogP contribution in [0.3, 0.4) is 0 Å². The Morgan fingerprint density at radius 2 is 2.15 bits per heavy atom. The smallest absolute Gasteiger partial charge is 0.319 e. The van der Waals surface area contributed by atoms with Gasteiger partial charge in [0.05, 0.1) is 13.7 Å². The summed E-state index contributed by atoms with van der Waals surface area (Å²) in [6.07, 6.45) is 4.63. The summed E-state index contributed by atoms with van der Waals surface area (Å²) < 4.78 is 4.55. The average molecular weight is 187 g/mol. The zero-order valence-electron chi connectivity index (χ0n) is 8.93. The molecule has 1 N–H and O–H groups in total. The second-order valence-electron chi connectivity index (χ2n) is 3.20. The Kier molecular flexibility index (Phi) is 7.69. The summed E-state index contributed by atoms with van der Waals surface area (Å²) in [4.78, 5) is 10.8. The number of methoxy groups -OCH3 is 1. The van der Waals surface area contributed by atoms with E-state index in [4.69, 9.17) is 0 Å². The van der Waals surface area contributed by atoms with Gasteiger partial charge >= 0.3 is 5.97 Å². The van der Waals surface area contributed by atoms with Crippen LogP contribution >= 0.6 is 0 Å². The summed E-state index contributed by atoms with van der Waals surface area (Å²) in [6.45, 7) is 4.64. The lowest BCUT2D eigenvalue weighted by molar-refractivity contribution is -0.139. The number of ether oxygens (including phenoxy) is 1. The van der Waals surface area contributed by atoms with E-state index in [1.165, 1.54) is 20.0 Å². The molecule has 1 unspecified atom stereocenters. The SMILES string of the molecule is CCCCC(CC)NCC(=O)OC. The number of nitrogens with one attached hydrogen (secondary N) is 1. The van der Waals surface area contributed by atoms with Gasteiger partial charge in [-0.05, 0) is 12.8 Å². The maximum atomic E-state index is 10.8.